The first-order chi connectivity index (χ1) is 28.8. The first-order valence-electron chi connectivity index (χ1n) is 20.6. The molecule has 0 bridgehead atoms. The average Bonchev–Trinajstić information content (AvgIpc) is 3.27. The number of piperidine rings is 1. The van der Waals surface area contributed by atoms with Crippen LogP contribution in [0.15, 0.2) is 60.9 Å². The van der Waals surface area contributed by atoms with Gasteiger partial charge in [-0.15, -0.1) is 0 Å². The van der Waals surface area contributed by atoms with Crippen LogP contribution in [0.5, 0.6) is 5.88 Å². The molecule has 0 spiro atoms. The van der Waals surface area contributed by atoms with Crippen LogP contribution in [0, 0.1) is 6.92 Å². The third-order valence-electron chi connectivity index (χ3n) is 12.1. The SMILES string of the molecule is Cc1c(N2CCc3cnc(Nc4ccc(C(=O)N5CCN(CC(=O)N6CCN(c7ccc(C8CCC(=O)NC8=O)cc7)CC6)CC5)cc4)nc3C2)cnc2c1NCCO2. The van der Waals surface area contributed by atoms with Gasteiger partial charge in [0.25, 0.3) is 5.91 Å². The zero-order chi connectivity index (χ0) is 40.5. The maximum absolute atomic E-state index is 13.5. The fourth-order valence-electron chi connectivity index (χ4n) is 8.65. The van der Waals surface area contributed by atoms with Gasteiger partial charge in [-0.05, 0) is 67.3 Å². The van der Waals surface area contributed by atoms with Crippen molar-refractivity contribution < 1.29 is 23.9 Å². The number of pyridine rings is 1. The van der Waals surface area contributed by atoms with Gasteiger partial charge in [-0.1, -0.05) is 12.1 Å². The number of carbonyl (C=O) groups excluding carboxylic acids is 4. The smallest absolute Gasteiger partial charge is 0.253 e. The zero-order valence-electron chi connectivity index (χ0n) is 33.3. The van der Waals surface area contributed by atoms with Crippen molar-refractivity contribution >= 4 is 52.3 Å². The Morgan fingerprint density at radius 3 is 2.37 bits per heavy atom. The van der Waals surface area contributed by atoms with Crippen molar-refractivity contribution in [3.8, 4) is 5.88 Å². The number of fused-ring (bicyclic) bond motifs is 2. The van der Waals surface area contributed by atoms with E-state index in [9.17, 15) is 19.2 Å². The number of benzene rings is 2. The van der Waals surface area contributed by atoms with Gasteiger partial charge in [0.15, 0.2) is 0 Å². The Balaban J connectivity index is 0.723. The van der Waals surface area contributed by atoms with Crippen molar-refractivity contribution in [1.29, 1.82) is 0 Å². The number of carbonyl (C=O) groups is 4. The molecular weight excluding hydrogens is 751 g/mol. The van der Waals surface area contributed by atoms with Crippen molar-refractivity contribution in [1.82, 2.24) is 35.0 Å². The fourth-order valence-corrected chi connectivity index (χ4v) is 8.65. The summed E-state index contributed by atoms with van der Waals surface area (Å²) in [6, 6.07) is 15.4. The molecule has 0 radical (unpaired) electrons. The lowest BCUT2D eigenvalue weighted by Crippen LogP contribution is -2.54. The van der Waals surface area contributed by atoms with Crippen molar-refractivity contribution in [3.63, 3.8) is 0 Å². The molecule has 3 N–H and O–H groups in total. The largest absolute Gasteiger partial charge is 0.474 e. The summed E-state index contributed by atoms with van der Waals surface area (Å²) in [5, 5.41) is 9.17. The summed E-state index contributed by atoms with van der Waals surface area (Å²) in [6.07, 6.45) is 5.51. The number of imide groups is 1. The molecule has 5 aliphatic heterocycles. The van der Waals surface area contributed by atoms with Gasteiger partial charge in [0.05, 0.1) is 36.6 Å². The Hall–Kier alpha value is -6.29. The van der Waals surface area contributed by atoms with Crippen LogP contribution in [0.1, 0.15) is 51.5 Å². The molecule has 3 fully saturated rings. The molecule has 2 aromatic heterocycles. The molecule has 1 unspecified atom stereocenters. The molecular formula is C43H49N11O5. The number of amides is 4. The second-order valence-electron chi connectivity index (χ2n) is 15.8. The van der Waals surface area contributed by atoms with E-state index in [1.165, 1.54) is 0 Å². The number of nitrogens with zero attached hydrogens (tertiary/aromatic N) is 8. The highest BCUT2D eigenvalue weighted by Gasteiger charge is 2.30. The quantitative estimate of drug-likeness (QED) is 0.223. The lowest BCUT2D eigenvalue weighted by molar-refractivity contribution is -0.134. The van der Waals surface area contributed by atoms with Gasteiger partial charge in [-0.25, -0.2) is 15.0 Å². The Bertz CT molecular complexity index is 2240. The molecule has 0 aliphatic carbocycles. The van der Waals surface area contributed by atoms with E-state index in [2.05, 4.69) is 47.5 Å². The number of hydrogen-bond donors (Lipinski definition) is 3. The lowest BCUT2D eigenvalue weighted by Gasteiger charge is -2.38. The van der Waals surface area contributed by atoms with Crippen LogP contribution in [-0.4, -0.2) is 132 Å². The summed E-state index contributed by atoms with van der Waals surface area (Å²) in [4.78, 5) is 75.0. The maximum atomic E-state index is 13.5. The minimum absolute atomic E-state index is 0.0253. The van der Waals surface area contributed by atoms with Crippen LogP contribution in [0.2, 0.25) is 0 Å². The Kier molecular flexibility index (Phi) is 10.7. The molecule has 4 aromatic rings. The second kappa shape index (κ2) is 16.5. The Morgan fingerprint density at radius 2 is 1.61 bits per heavy atom. The van der Waals surface area contributed by atoms with Crippen molar-refractivity contribution in [2.75, 3.05) is 99.0 Å². The summed E-state index contributed by atoms with van der Waals surface area (Å²) >= 11 is 0. The highest BCUT2D eigenvalue weighted by molar-refractivity contribution is 6.01. The first kappa shape index (κ1) is 38.2. The molecule has 0 saturated carbocycles. The van der Waals surface area contributed by atoms with Gasteiger partial charge >= 0.3 is 0 Å². The number of anilines is 5. The summed E-state index contributed by atoms with van der Waals surface area (Å²) in [5.41, 5.74) is 8.62. The molecule has 1 atom stereocenters. The summed E-state index contributed by atoms with van der Waals surface area (Å²) in [5.74, 6) is 0.497. The number of aromatic nitrogens is 3. The minimum atomic E-state index is -0.300. The fraction of sp³-hybridized carbons (Fsp3) is 0.419. The first-order valence-corrected chi connectivity index (χ1v) is 20.6. The van der Waals surface area contributed by atoms with E-state index < -0.39 is 0 Å². The van der Waals surface area contributed by atoms with Crippen LogP contribution in [-0.2, 0) is 27.3 Å². The molecule has 4 amide bonds. The lowest BCUT2D eigenvalue weighted by atomic mass is 9.90. The third-order valence-corrected chi connectivity index (χ3v) is 12.1. The molecule has 2 aromatic carbocycles. The average molecular weight is 800 g/mol. The van der Waals surface area contributed by atoms with Crippen LogP contribution in [0.25, 0.3) is 0 Å². The van der Waals surface area contributed by atoms with E-state index in [4.69, 9.17) is 9.72 Å². The Morgan fingerprint density at radius 1 is 0.847 bits per heavy atom. The minimum Gasteiger partial charge on any atom is -0.474 e. The molecule has 3 saturated heterocycles. The van der Waals surface area contributed by atoms with Crippen molar-refractivity contribution in [3.05, 3.63) is 88.9 Å². The third kappa shape index (κ3) is 8.22. The van der Waals surface area contributed by atoms with Gasteiger partial charge in [-0.3, -0.25) is 29.4 Å². The summed E-state index contributed by atoms with van der Waals surface area (Å²) in [7, 11) is 0. The highest BCUT2D eigenvalue weighted by atomic mass is 16.5. The van der Waals surface area contributed by atoms with Gasteiger partial charge in [0, 0.05) is 101 Å². The van der Waals surface area contributed by atoms with E-state index in [0.717, 1.165) is 77.7 Å². The molecule has 16 nitrogen and oxygen atoms in total. The van der Waals surface area contributed by atoms with Gasteiger partial charge in [0.1, 0.15) is 12.3 Å². The zero-order valence-corrected chi connectivity index (χ0v) is 33.3. The van der Waals surface area contributed by atoms with Crippen LogP contribution in [0.4, 0.5) is 28.7 Å². The van der Waals surface area contributed by atoms with Crippen molar-refractivity contribution in [2.24, 2.45) is 0 Å². The number of hydrogen-bond acceptors (Lipinski definition) is 13. The standard InChI is InChI=1S/C43H49N11O5/c1-28-36(25-45-41-39(28)44-13-23-59-41)54-14-12-31-24-46-43(48-35(31)26-54)47-32-6-2-30(3-7-32)42(58)53-17-15-50(16-18-53)27-38(56)52-21-19-51(20-22-52)33-8-4-29(5-9-33)34-10-11-37(55)49-40(34)57/h2-9,24-25,34,44H,10-23,26-27H2,1H3,(H,46,47,48)(H,49,55,57). The molecule has 306 valence electrons. The van der Waals surface area contributed by atoms with Crippen LogP contribution < -0.4 is 30.5 Å². The van der Waals surface area contributed by atoms with E-state index in [1.807, 2.05) is 70.7 Å². The number of piperazine rings is 2. The van der Waals surface area contributed by atoms with E-state index in [1.54, 1.807) is 0 Å². The predicted molar refractivity (Wildman–Crippen MR) is 222 cm³/mol. The number of nitrogens with one attached hydrogen (secondary N) is 3. The number of ether oxygens (including phenoxy) is 1. The van der Waals surface area contributed by atoms with Crippen LogP contribution >= 0.6 is 0 Å². The second-order valence-corrected chi connectivity index (χ2v) is 15.8. The van der Waals surface area contributed by atoms with E-state index in [-0.39, 0.29) is 29.5 Å². The topological polar surface area (TPSA) is 168 Å². The van der Waals surface area contributed by atoms with Gasteiger partial charge in [-0.2, -0.15) is 0 Å². The molecule has 16 heteroatoms. The number of rotatable bonds is 8. The van der Waals surface area contributed by atoms with E-state index >= 15 is 0 Å². The highest BCUT2D eigenvalue weighted by Crippen LogP contribution is 2.36. The van der Waals surface area contributed by atoms with Gasteiger partial charge < -0.3 is 35.0 Å². The monoisotopic (exact) mass is 799 g/mol. The van der Waals surface area contributed by atoms with Crippen molar-refractivity contribution in [2.45, 2.75) is 38.6 Å². The summed E-state index contributed by atoms with van der Waals surface area (Å²) < 4.78 is 5.72. The predicted octanol–water partition coefficient (Wildman–Crippen LogP) is 2.92. The summed E-state index contributed by atoms with van der Waals surface area (Å²) in [6.45, 7) is 10.4. The normalized spacial score (nSPS) is 19.6. The molecule has 59 heavy (non-hydrogen) atoms. The maximum Gasteiger partial charge on any atom is 0.253 e. The molecule has 5 aliphatic rings. The van der Waals surface area contributed by atoms with Gasteiger partial charge in [0.2, 0.25) is 29.5 Å². The van der Waals surface area contributed by atoms with E-state index in [0.29, 0.717) is 89.2 Å². The Labute approximate surface area is 342 Å². The van der Waals surface area contributed by atoms with Crippen LogP contribution in [0.3, 0.4) is 0 Å². The molecule has 9 rings (SSSR count). The molecule has 7 heterocycles.